The Bertz CT molecular complexity index is 188. The van der Waals surface area contributed by atoms with Crippen LogP contribution in [0, 0.1) is 0 Å². The van der Waals surface area contributed by atoms with E-state index in [1.807, 2.05) is 20.8 Å². The summed E-state index contributed by atoms with van der Waals surface area (Å²) >= 11 is 0. The maximum atomic E-state index is 11.4. The SMILES string of the molecule is COCCCCCNCC(=O)NC(C)(C)C. The third kappa shape index (κ3) is 11.5. The summed E-state index contributed by atoms with van der Waals surface area (Å²) < 4.78 is 4.96. The molecular formula is C12H26N2O2. The fourth-order valence-electron chi connectivity index (χ4n) is 1.34. The van der Waals surface area contributed by atoms with Gasteiger partial charge in [0.2, 0.25) is 5.91 Å². The van der Waals surface area contributed by atoms with Crippen molar-refractivity contribution in [2.24, 2.45) is 0 Å². The summed E-state index contributed by atoms with van der Waals surface area (Å²) in [5, 5.41) is 6.04. The van der Waals surface area contributed by atoms with Crippen LogP contribution in [0.25, 0.3) is 0 Å². The van der Waals surface area contributed by atoms with E-state index in [2.05, 4.69) is 10.6 Å². The molecule has 0 unspecified atom stereocenters. The molecule has 0 aromatic rings. The molecule has 0 aliphatic carbocycles. The van der Waals surface area contributed by atoms with Crippen LogP contribution in [-0.4, -0.2) is 38.3 Å². The van der Waals surface area contributed by atoms with Crippen LogP contribution in [0.2, 0.25) is 0 Å². The molecule has 0 aliphatic rings. The van der Waals surface area contributed by atoms with E-state index in [0.717, 1.165) is 32.4 Å². The van der Waals surface area contributed by atoms with Crippen LogP contribution < -0.4 is 10.6 Å². The molecule has 96 valence electrons. The number of ether oxygens (including phenoxy) is 1. The Hall–Kier alpha value is -0.610. The fourth-order valence-corrected chi connectivity index (χ4v) is 1.34. The largest absolute Gasteiger partial charge is 0.385 e. The first kappa shape index (κ1) is 15.4. The Morgan fingerprint density at radius 1 is 1.19 bits per heavy atom. The van der Waals surface area contributed by atoms with Crippen molar-refractivity contribution < 1.29 is 9.53 Å². The predicted octanol–water partition coefficient (Wildman–Crippen LogP) is 1.31. The Morgan fingerprint density at radius 3 is 2.44 bits per heavy atom. The smallest absolute Gasteiger partial charge is 0.234 e. The van der Waals surface area contributed by atoms with E-state index in [4.69, 9.17) is 4.74 Å². The van der Waals surface area contributed by atoms with Gasteiger partial charge in [-0.1, -0.05) is 0 Å². The first-order valence-electron chi connectivity index (χ1n) is 5.96. The zero-order valence-corrected chi connectivity index (χ0v) is 11.1. The number of nitrogens with one attached hydrogen (secondary N) is 2. The van der Waals surface area contributed by atoms with Crippen molar-refractivity contribution in [3.05, 3.63) is 0 Å². The summed E-state index contributed by atoms with van der Waals surface area (Å²) in [5.41, 5.74) is -0.142. The number of unbranched alkanes of at least 4 members (excludes halogenated alkanes) is 2. The molecular weight excluding hydrogens is 204 g/mol. The standard InChI is InChI=1S/C12H26N2O2/c1-12(2,3)14-11(15)10-13-8-6-5-7-9-16-4/h13H,5-10H2,1-4H3,(H,14,15). The highest BCUT2D eigenvalue weighted by molar-refractivity contribution is 5.78. The molecule has 0 radical (unpaired) electrons. The quantitative estimate of drug-likeness (QED) is 0.618. The van der Waals surface area contributed by atoms with Crippen molar-refractivity contribution in [3.63, 3.8) is 0 Å². The zero-order valence-electron chi connectivity index (χ0n) is 11.1. The number of rotatable bonds is 8. The average molecular weight is 230 g/mol. The molecule has 0 spiro atoms. The van der Waals surface area contributed by atoms with E-state index in [1.165, 1.54) is 0 Å². The normalized spacial score (nSPS) is 11.5. The minimum atomic E-state index is -0.142. The van der Waals surface area contributed by atoms with Crippen molar-refractivity contribution in [1.82, 2.24) is 10.6 Å². The number of amides is 1. The predicted molar refractivity (Wildman–Crippen MR) is 66.5 cm³/mol. The van der Waals surface area contributed by atoms with E-state index < -0.39 is 0 Å². The van der Waals surface area contributed by atoms with E-state index in [0.29, 0.717) is 6.54 Å². The lowest BCUT2D eigenvalue weighted by Crippen LogP contribution is -2.44. The highest BCUT2D eigenvalue weighted by Gasteiger charge is 2.12. The maximum Gasteiger partial charge on any atom is 0.234 e. The summed E-state index contributed by atoms with van der Waals surface area (Å²) in [5.74, 6) is 0.0596. The lowest BCUT2D eigenvalue weighted by Gasteiger charge is -2.20. The highest BCUT2D eigenvalue weighted by atomic mass is 16.5. The van der Waals surface area contributed by atoms with Crippen molar-refractivity contribution in [1.29, 1.82) is 0 Å². The van der Waals surface area contributed by atoms with Crippen LogP contribution in [-0.2, 0) is 9.53 Å². The molecule has 4 heteroatoms. The van der Waals surface area contributed by atoms with Gasteiger partial charge in [-0.3, -0.25) is 4.79 Å². The Labute approximate surface area is 99.1 Å². The van der Waals surface area contributed by atoms with Crippen LogP contribution in [0.3, 0.4) is 0 Å². The minimum Gasteiger partial charge on any atom is -0.385 e. The zero-order chi connectivity index (χ0) is 12.4. The Kier molecular flexibility index (Phi) is 8.21. The van der Waals surface area contributed by atoms with Gasteiger partial charge in [-0.25, -0.2) is 0 Å². The Morgan fingerprint density at radius 2 is 1.88 bits per heavy atom. The summed E-state index contributed by atoms with van der Waals surface area (Å²) in [6.45, 7) is 8.06. The summed E-state index contributed by atoms with van der Waals surface area (Å²) in [4.78, 5) is 11.4. The summed E-state index contributed by atoms with van der Waals surface area (Å²) in [6, 6.07) is 0. The average Bonchev–Trinajstić information content (AvgIpc) is 2.13. The molecule has 0 aromatic carbocycles. The van der Waals surface area contributed by atoms with Gasteiger partial charge in [0, 0.05) is 19.3 Å². The van der Waals surface area contributed by atoms with Gasteiger partial charge in [0.1, 0.15) is 0 Å². The van der Waals surface area contributed by atoms with Crippen LogP contribution in [0.1, 0.15) is 40.0 Å². The molecule has 1 amide bonds. The molecule has 0 saturated heterocycles. The van der Waals surface area contributed by atoms with Gasteiger partial charge in [-0.2, -0.15) is 0 Å². The lowest BCUT2D eigenvalue weighted by molar-refractivity contribution is -0.121. The molecule has 0 fully saturated rings. The molecule has 4 nitrogen and oxygen atoms in total. The molecule has 0 saturated carbocycles. The van der Waals surface area contributed by atoms with Gasteiger partial charge >= 0.3 is 0 Å². The maximum absolute atomic E-state index is 11.4. The summed E-state index contributed by atoms with van der Waals surface area (Å²) in [7, 11) is 1.72. The second-order valence-electron chi connectivity index (χ2n) is 5.03. The number of carbonyl (C=O) groups excluding carboxylic acids is 1. The lowest BCUT2D eigenvalue weighted by atomic mass is 10.1. The van der Waals surface area contributed by atoms with Crippen molar-refractivity contribution >= 4 is 5.91 Å². The topological polar surface area (TPSA) is 50.4 Å². The third-order valence-corrected chi connectivity index (χ3v) is 2.00. The minimum absolute atomic E-state index is 0.0596. The van der Waals surface area contributed by atoms with E-state index in [1.54, 1.807) is 7.11 Å². The van der Waals surface area contributed by atoms with Gasteiger partial charge in [0.25, 0.3) is 0 Å². The van der Waals surface area contributed by atoms with Gasteiger partial charge in [0.05, 0.1) is 6.54 Å². The monoisotopic (exact) mass is 230 g/mol. The molecule has 0 rings (SSSR count). The van der Waals surface area contributed by atoms with Gasteiger partial charge < -0.3 is 15.4 Å². The number of hydrogen-bond donors (Lipinski definition) is 2. The molecule has 0 atom stereocenters. The first-order chi connectivity index (χ1) is 7.45. The molecule has 16 heavy (non-hydrogen) atoms. The van der Waals surface area contributed by atoms with E-state index in [-0.39, 0.29) is 11.4 Å². The molecule has 2 N–H and O–H groups in total. The summed E-state index contributed by atoms with van der Waals surface area (Å²) in [6.07, 6.45) is 3.32. The van der Waals surface area contributed by atoms with E-state index in [9.17, 15) is 4.79 Å². The number of hydrogen-bond acceptors (Lipinski definition) is 3. The number of methoxy groups -OCH3 is 1. The highest BCUT2D eigenvalue weighted by Crippen LogP contribution is 1.97. The van der Waals surface area contributed by atoms with Crippen molar-refractivity contribution in [2.75, 3.05) is 26.8 Å². The molecule has 0 aromatic heterocycles. The van der Waals surface area contributed by atoms with Gasteiger partial charge in [-0.15, -0.1) is 0 Å². The second kappa shape index (κ2) is 8.53. The van der Waals surface area contributed by atoms with Crippen LogP contribution in [0.5, 0.6) is 0 Å². The van der Waals surface area contributed by atoms with Crippen molar-refractivity contribution in [2.45, 2.75) is 45.6 Å². The molecule has 0 heterocycles. The van der Waals surface area contributed by atoms with Crippen molar-refractivity contribution in [3.8, 4) is 0 Å². The van der Waals surface area contributed by atoms with Gasteiger partial charge in [-0.05, 0) is 46.6 Å². The van der Waals surface area contributed by atoms with E-state index >= 15 is 0 Å². The Balaban J connectivity index is 3.28. The first-order valence-corrected chi connectivity index (χ1v) is 5.96. The van der Waals surface area contributed by atoms with Gasteiger partial charge in [0.15, 0.2) is 0 Å². The van der Waals surface area contributed by atoms with Crippen LogP contribution in [0.4, 0.5) is 0 Å². The molecule has 0 aliphatic heterocycles. The van der Waals surface area contributed by atoms with Crippen LogP contribution >= 0.6 is 0 Å². The number of carbonyl (C=O) groups is 1. The third-order valence-electron chi connectivity index (χ3n) is 2.00. The fraction of sp³-hybridized carbons (Fsp3) is 0.917. The molecule has 0 bridgehead atoms. The van der Waals surface area contributed by atoms with Crippen LogP contribution in [0.15, 0.2) is 0 Å². The second-order valence-corrected chi connectivity index (χ2v) is 5.03.